The minimum absolute atomic E-state index is 0.0196. The Labute approximate surface area is 112 Å². The highest BCUT2D eigenvalue weighted by molar-refractivity contribution is 5.93. The molecule has 4 nitrogen and oxygen atoms in total. The SMILES string of the molecule is CC(CC(=O)O)c1ccc(NC(=O)C2CCC2)cc1. The Hall–Kier alpha value is -1.84. The molecular formula is C15H19NO3. The number of benzene rings is 1. The summed E-state index contributed by atoms with van der Waals surface area (Å²) in [5.41, 5.74) is 1.76. The van der Waals surface area contributed by atoms with Crippen molar-refractivity contribution < 1.29 is 14.7 Å². The molecule has 1 aliphatic carbocycles. The highest BCUT2D eigenvalue weighted by Crippen LogP contribution is 2.28. The second kappa shape index (κ2) is 5.87. The van der Waals surface area contributed by atoms with Gasteiger partial charge in [0, 0.05) is 11.6 Å². The molecule has 1 aliphatic rings. The third kappa shape index (κ3) is 3.56. The number of anilines is 1. The summed E-state index contributed by atoms with van der Waals surface area (Å²) in [5, 5.41) is 11.7. The van der Waals surface area contributed by atoms with Gasteiger partial charge in [-0.25, -0.2) is 0 Å². The molecule has 102 valence electrons. The maximum absolute atomic E-state index is 11.8. The van der Waals surface area contributed by atoms with Crippen molar-refractivity contribution in [2.45, 2.75) is 38.5 Å². The lowest BCUT2D eigenvalue weighted by Gasteiger charge is -2.24. The number of aliphatic carboxylic acids is 1. The number of carbonyl (C=O) groups is 2. The zero-order chi connectivity index (χ0) is 13.8. The second-order valence-electron chi connectivity index (χ2n) is 5.24. The quantitative estimate of drug-likeness (QED) is 0.856. The predicted molar refractivity (Wildman–Crippen MR) is 73.1 cm³/mol. The molecule has 0 radical (unpaired) electrons. The van der Waals surface area contributed by atoms with E-state index in [1.165, 1.54) is 0 Å². The van der Waals surface area contributed by atoms with Crippen LogP contribution in [0.1, 0.15) is 44.1 Å². The van der Waals surface area contributed by atoms with E-state index in [-0.39, 0.29) is 24.2 Å². The van der Waals surface area contributed by atoms with Gasteiger partial charge >= 0.3 is 5.97 Å². The monoisotopic (exact) mass is 261 g/mol. The molecule has 1 amide bonds. The van der Waals surface area contributed by atoms with E-state index in [4.69, 9.17) is 5.11 Å². The summed E-state index contributed by atoms with van der Waals surface area (Å²) in [4.78, 5) is 22.4. The maximum Gasteiger partial charge on any atom is 0.303 e. The number of amides is 1. The summed E-state index contributed by atoms with van der Waals surface area (Å²) >= 11 is 0. The van der Waals surface area contributed by atoms with Gasteiger partial charge in [0.1, 0.15) is 0 Å². The van der Waals surface area contributed by atoms with Crippen LogP contribution in [0.4, 0.5) is 5.69 Å². The van der Waals surface area contributed by atoms with Crippen molar-refractivity contribution in [3.8, 4) is 0 Å². The summed E-state index contributed by atoms with van der Waals surface area (Å²) in [6.07, 6.45) is 3.23. The molecule has 1 fully saturated rings. The normalized spacial score (nSPS) is 16.5. The van der Waals surface area contributed by atoms with Gasteiger partial charge in [0.15, 0.2) is 0 Å². The van der Waals surface area contributed by atoms with Gasteiger partial charge in [-0.1, -0.05) is 25.5 Å². The van der Waals surface area contributed by atoms with E-state index in [9.17, 15) is 9.59 Å². The summed E-state index contributed by atoms with van der Waals surface area (Å²) in [6.45, 7) is 1.88. The molecule has 2 rings (SSSR count). The van der Waals surface area contributed by atoms with E-state index in [2.05, 4.69) is 5.32 Å². The first-order valence-electron chi connectivity index (χ1n) is 6.69. The zero-order valence-corrected chi connectivity index (χ0v) is 11.1. The molecule has 0 heterocycles. The Morgan fingerprint density at radius 2 is 1.95 bits per heavy atom. The largest absolute Gasteiger partial charge is 0.481 e. The average Bonchev–Trinajstić information content (AvgIpc) is 2.26. The smallest absolute Gasteiger partial charge is 0.303 e. The van der Waals surface area contributed by atoms with Gasteiger partial charge in [0.25, 0.3) is 0 Å². The topological polar surface area (TPSA) is 66.4 Å². The predicted octanol–water partition coefficient (Wildman–Crippen LogP) is 3.00. The molecule has 0 bridgehead atoms. The lowest BCUT2D eigenvalue weighted by molar-refractivity contribution is -0.137. The highest BCUT2D eigenvalue weighted by atomic mass is 16.4. The molecule has 0 aromatic heterocycles. The lowest BCUT2D eigenvalue weighted by atomic mass is 9.85. The van der Waals surface area contributed by atoms with E-state index in [1.54, 1.807) is 0 Å². The van der Waals surface area contributed by atoms with Crippen LogP contribution >= 0.6 is 0 Å². The third-order valence-corrected chi connectivity index (χ3v) is 3.70. The summed E-state index contributed by atoms with van der Waals surface area (Å²) < 4.78 is 0. The Morgan fingerprint density at radius 3 is 2.42 bits per heavy atom. The highest BCUT2D eigenvalue weighted by Gasteiger charge is 2.25. The fourth-order valence-corrected chi connectivity index (χ4v) is 2.19. The van der Waals surface area contributed by atoms with Gasteiger partial charge in [0.2, 0.25) is 5.91 Å². The molecule has 1 aromatic rings. The number of rotatable bonds is 5. The van der Waals surface area contributed by atoms with Crippen molar-refractivity contribution in [2.24, 2.45) is 5.92 Å². The molecule has 2 N–H and O–H groups in total. The Morgan fingerprint density at radius 1 is 1.32 bits per heavy atom. The van der Waals surface area contributed by atoms with Crippen molar-refractivity contribution in [1.29, 1.82) is 0 Å². The first-order valence-corrected chi connectivity index (χ1v) is 6.69. The van der Waals surface area contributed by atoms with Crippen LogP contribution in [0.15, 0.2) is 24.3 Å². The first-order chi connectivity index (χ1) is 9.06. The molecule has 1 aromatic carbocycles. The van der Waals surface area contributed by atoms with Crippen molar-refractivity contribution in [3.05, 3.63) is 29.8 Å². The van der Waals surface area contributed by atoms with Crippen LogP contribution < -0.4 is 5.32 Å². The Kier molecular flexibility index (Phi) is 4.20. The first kappa shape index (κ1) is 13.6. The Bertz CT molecular complexity index is 463. The summed E-state index contributed by atoms with van der Waals surface area (Å²) in [6, 6.07) is 7.43. The third-order valence-electron chi connectivity index (χ3n) is 3.70. The van der Waals surface area contributed by atoms with Crippen molar-refractivity contribution in [2.75, 3.05) is 5.32 Å². The van der Waals surface area contributed by atoms with Crippen LogP contribution in [0.25, 0.3) is 0 Å². The van der Waals surface area contributed by atoms with Gasteiger partial charge in [-0.3, -0.25) is 9.59 Å². The zero-order valence-electron chi connectivity index (χ0n) is 11.1. The molecule has 4 heteroatoms. The van der Waals surface area contributed by atoms with E-state index >= 15 is 0 Å². The van der Waals surface area contributed by atoms with Gasteiger partial charge in [0.05, 0.1) is 6.42 Å². The second-order valence-corrected chi connectivity index (χ2v) is 5.24. The van der Waals surface area contributed by atoms with Crippen LogP contribution in [-0.2, 0) is 9.59 Å². The van der Waals surface area contributed by atoms with Crippen molar-refractivity contribution in [3.63, 3.8) is 0 Å². The van der Waals surface area contributed by atoms with Crippen molar-refractivity contribution in [1.82, 2.24) is 0 Å². The van der Waals surface area contributed by atoms with E-state index < -0.39 is 5.97 Å². The van der Waals surface area contributed by atoms with Crippen molar-refractivity contribution >= 4 is 17.6 Å². The number of hydrogen-bond donors (Lipinski definition) is 2. The van der Waals surface area contributed by atoms with E-state index in [0.717, 1.165) is 30.5 Å². The van der Waals surface area contributed by atoms with Crippen LogP contribution in [0.5, 0.6) is 0 Å². The molecule has 1 unspecified atom stereocenters. The fourth-order valence-electron chi connectivity index (χ4n) is 2.19. The van der Waals surface area contributed by atoms with Crippen LogP contribution in [0.3, 0.4) is 0 Å². The molecule has 0 spiro atoms. The fraction of sp³-hybridized carbons (Fsp3) is 0.467. The average molecular weight is 261 g/mol. The minimum Gasteiger partial charge on any atom is -0.481 e. The number of hydrogen-bond acceptors (Lipinski definition) is 2. The van der Waals surface area contributed by atoms with Gasteiger partial charge in [-0.05, 0) is 36.5 Å². The lowest BCUT2D eigenvalue weighted by Crippen LogP contribution is -2.27. The number of carboxylic acid groups (broad SMARTS) is 1. The molecule has 0 aliphatic heterocycles. The Balaban J connectivity index is 1.93. The number of carboxylic acids is 1. The molecule has 19 heavy (non-hydrogen) atoms. The van der Waals surface area contributed by atoms with Crippen LogP contribution in [-0.4, -0.2) is 17.0 Å². The molecular weight excluding hydrogens is 242 g/mol. The number of carbonyl (C=O) groups excluding carboxylic acids is 1. The van der Waals surface area contributed by atoms with Gasteiger partial charge < -0.3 is 10.4 Å². The molecule has 1 saturated carbocycles. The maximum atomic E-state index is 11.8. The van der Waals surface area contributed by atoms with Crippen LogP contribution in [0.2, 0.25) is 0 Å². The summed E-state index contributed by atoms with van der Waals surface area (Å²) in [7, 11) is 0. The number of nitrogens with one attached hydrogen (secondary N) is 1. The standard InChI is InChI=1S/C15H19NO3/c1-10(9-14(17)18)11-5-7-13(8-6-11)16-15(19)12-3-2-4-12/h5-8,10,12H,2-4,9H2,1H3,(H,16,19)(H,17,18). The summed E-state index contributed by atoms with van der Waals surface area (Å²) in [5.74, 6) is -0.549. The molecule has 0 saturated heterocycles. The van der Waals surface area contributed by atoms with E-state index in [0.29, 0.717) is 0 Å². The van der Waals surface area contributed by atoms with E-state index in [1.807, 2.05) is 31.2 Å². The van der Waals surface area contributed by atoms with Crippen LogP contribution in [0, 0.1) is 5.92 Å². The molecule has 1 atom stereocenters. The van der Waals surface area contributed by atoms with Gasteiger partial charge in [-0.2, -0.15) is 0 Å². The minimum atomic E-state index is -0.796. The van der Waals surface area contributed by atoms with Gasteiger partial charge in [-0.15, -0.1) is 0 Å².